The molecule has 1 atom stereocenters. The van der Waals surface area contributed by atoms with Crippen LogP contribution in [-0.2, 0) is 4.79 Å². The van der Waals surface area contributed by atoms with Gasteiger partial charge in [0.15, 0.2) is 0 Å². The topological polar surface area (TPSA) is 75.4 Å². The lowest BCUT2D eigenvalue weighted by Gasteiger charge is -2.32. The minimum atomic E-state index is -0.874. The highest BCUT2D eigenvalue weighted by molar-refractivity contribution is 7.99. The Morgan fingerprint density at radius 2 is 2.37 bits per heavy atom. The largest absolute Gasteiger partial charge is 0.480 e. The first-order valence-electron chi connectivity index (χ1n) is 6.50. The monoisotopic (exact) mass is 284 g/mol. The van der Waals surface area contributed by atoms with Crippen LogP contribution in [-0.4, -0.2) is 33.4 Å². The number of aromatic nitrogens is 1. The number of nitrogens with zero attached hydrogens (tertiary/aromatic N) is 1. The van der Waals surface area contributed by atoms with Crippen molar-refractivity contribution in [2.45, 2.75) is 50.4 Å². The summed E-state index contributed by atoms with van der Waals surface area (Å²) in [6.45, 7) is 5.80. The van der Waals surface area contributed by atoms with Gasteiger partial charge in [0.25, 0.3) is 5.22 Å². The molecule has 0 amide bonds. The molecule has 0 saturated heterocycles. The predicted octanol–water partition coefficient (Wildman–Crippen LogP) is 2.31. The number of nitrogens with one attached hydrogen (secondary N) is 1. The van der Waals surface area contributed by atoms with Crippen LogP contribution in [0.25, 0.3) is 0 Å². The van der Waals surface area contributed by atoms with Gasteiger partial charge in [0, 0.05) is 11.8 Å². The van der Waals surface area contributed by atoms with Gasteiger partial charge in [0.05, 0.1) is 5.69 Å². The van der Waals surface area contributed by atoms with Crippen molar-refractivity contribution >= 4 is 17.7 Å². The van der Waals surface area contributed by atoms with Gasteiger partial charge < -0.3 is 9.52 Å². The van der Waals surface area contributed by atoms with Crippen LogP contribution in [0.5, 0.6) is 0 Å². The normalized spacial score (nSPS) is 18.5. The zero-order valence-corrected chi connectivity index (χ0v) is 12.3. The molecule has 0 bridgehead atoms. The molecule has 2 N–H and O–H groups in total. The molecule has 6 heteroatoms. The minimum Gasteiger partial charge on any atom is -0.480 e. The van der Waals surface area contributed by atoms with Gasteiger partial charge in [-0.3, -0.25) is 10.1 Å². The van der Waals surface area contributed by atoms with Gasteiger partial charge in [0.1, 0.15) is 11.8 Å². The van der Waals surface area contributed by atoms with E-state index in [9.17, 15) is 9.90 Å². The summed E-state index contributed by atoms with van der Waals surface area (Å²) in [6, 6.07) is 0.128. The number of oxazole rings is 1. The van der Waals surface area contributed by atoms with Crippen LogP contribution in [0.3, 0.4) is 0 Å². The summed E-state index contributed by atoms with van der Waals surface area (Å²) >= 11 is 1.37. The number of rotatable bonds is 7. The summed E-state index contributed by atoms with van der Waals surface area (Å²) in [4.78, 5) is 15.9. The van der Waals surface area contributed by atoms with Gasteiger partial charge in [-0.1, -0.05) is 11.8 Å². The van der Waals surface area contributed by atoms with Crippen molar-refractivity contribution in [2.75, 3.05) is 5.75 Å². The second-order valence-corrected chi connectivity index (χ2v) is 6.32. The summed E-state index contributed by atoms with van der Waals surface area (Å²) in [6.07, 6.45) is 3.52. The molecule has 1 aliphatic carbocycles. The molecular formula is C13H20N2O3S. The Labute approximate surface area is 117 Å². The van der Waals surface area contributed by atoms with E-state index in [2.05, 4.69) is 10.3 Å². The molecule has 1 heterocycles. The molecular weight excluding hydrogens is 264 g/mol. The Balaban J connectivity index is 2.10. The van der Waals surface area contributed by atoms with E-state index in [1.54, 1.807) is 6.26 Å². The van der Waals surface area contributed by atoms with Gasteiger partial charge in [0.2, 0.25) is 0 Å². The molecule has 19 heavy (non-hydrogen) atoms. The van der Waals surface area contributed by atoms with E-state index < -0.39 is 11.5 Å². The molecule has 0 radical (unpaired) electrons. The summed E-state index contributed by atoms with van der Waals surface area (Å²) in [5, 5.41) is 13.4. The molecule has 1 unspecified atom stereocenters. The first kappa shape index (κ1) is 14.4. The average Bonchev–Trinajstić information content (AvgIpc) is 3.08. The van der Waals surface area contributed by atoms with Crippen molar-refractivity contribution in [1.82, 2.24) is 10.3 Å². The number of hydrogen-bond acceptors (Lipinski definition) is 5. The lowest BCUT2D eigenvalue weighted by atomic mass is 9.94. The van der Waals surface area contributed by atoms with Crippen molar-refractivity contribution in [3.63, 3.8) is 0 Å². The SMILES string of the molecule is Cc1coc(SCC(NC(C)C)(C(=O)O)C2CC2)n1. The quantitative estimate of drug-likeness (QED) is 0.748. The molecule has 1 saturated carbocycles. The molecule has 1 aliphatic rings. The highest BCUT2D eigenvalue weighted by Gasteiger charge is 2.51. The predicted molar refractivity (Wildman–Crippen MR) is 73.3 cm³/mol. The average molecular weight is 284 g/mol. The number of thioether (sulfide) groups is 1. The van der Waals surface area contributed by atoms with Crippen molar-refractivity contribution in [1.29, 1.82) is 0 Å². The molecule has 5 nitrogen and oxygen atoms in total. The van der Waals surface area contributed by atoms with E-state index in [0.29, 0.717) is 11.0 Å². The van der Waals surface area contributed by atoms with Gasteiger partial charge >= 0.3 is 5.97 Å². The van der Waals surface area contributed by atoms with Crippen LogP contribution in [0.4, 0.5) is 0 Å². The highest BCUT2D eigenvalue weighted by Crippen LogP contribution is 2.42. The Morgan fingerprint density at radius 3 is 2.79 bits per heavy atom. The maximum absolute atomic E-state index is 11.7. The second-order valence-electron chi connectivity index (χ2n) is 5.39. The number of aliphatic carboxylic acids is 1. The third kappa shape index (κ3) is 3.30. The van der Waals surface area contributed by atoms with Crippen molar-refractivity contribution < 1.29 is 14.3 Å². The van der Waals surface area contributed by atoms with Crippen molar-refractivity contribution in [3.05, 3.63) is 12.0 Å². The Bertz CT molecular complexity index is 456. The Morgan fingerprint density at radius 1 is 1.68 bits per heavy atom. The summed E-state index contributed by atoms with van der Waals surface area (Å²) in [5.74, 6) is -0.138. The van der Waals surface area contributed by atoms with Crippen LogP contribution in [0.1, 0.15) is 32.4 Å². The number of hydrogen-bond donors (Lipinski definition) is 2. The molecule has 1 aromatic rings. The number of carbonyl (C=O) groups is 1. The van der Waals surface area contributed by atoms with Crippen molar-refractivity contribution in [2.24, 2.45) is 5.92 Å². The first-order chi connectivity index (χ1) is 8.94. The van der Waals surface area contributed by atoms with Crippen LogP contribution in [0.15, 0.2) is 15.9 Å². The fraction of sp³-hybridized carbons (Fsp3) is 0.692. The second kappa shape index (κ2) is 5.54. The van der Waals surface area contributed by atoms with Crippen LogP contribution in [0, 0.1) is 12.8 Å². The molecule has 2 rings (SSSR count). The van der Waals surface area contributed by atoms with Gasteiger partial charge in [-0.05, 0) is 39.5 Å². The van der Waals surface area contributed by atoms with Crippen molar-refractivity contribution in [3.8, 4) is 0 Å². The zero-order valence-electron chi connectivity index (χ0n) is 11.5. The van der Waals surface area contributed by atoms with E-state index in [-0.39, 0.29) is 12.0 Å². The molecule has 0 spiro atoms. The van der Waals surface area contributed by atoms with E-state index in [0.717, 1.165) is 18.5 Å². The summed E-state index contributed by atoms with van der Waals surface area (Å²) in [7, 11) is 0. The van der Waals surface area contributed by atoms with Gasteiger partial charge in [-0.15, -0.1) is 0 Å². The van der Waals surface area contributed by atoms with Gasteiger partial charge in [-0.25, -0.2) is 4.98 Å². The summed E-state index contributed by atoms with van der Waals surface area (Å²) < 4.78 is 5.28. The maximum atomic E-state index is 11.7. The first-order valence-corrected chi connectivity index (χ1v) is 7.48. The maximum Gasteiger partial charge on any atom is 0.325 e. The molecule has 1 aromatic heterocycles. The Kier molecular flexibility index (Phi) is 4.20. The third-order valence-corrected chi connectivity index (χ3v) is 4.26. The number of aryl methyl sites for hydroxylation is 1. The smallest absolute Gasteiger partial charge is 0.325 e. The van der Waals surface area contributed by atoms with Crippen LogP contribution in [0.2, 0.25) is 0 Å². The number of carboxylic acids is 1. The molecule has 0 aromatic carbocycles. The van der Waals surface area contributed by atoms with Crippen LogP contribution < -0.4 is 5.32 Å². The van der Waals surface area contributed by atoms with Gasteiger partial charge in [-0.2, -0.15) is 0 Å². The summed E-state index contributed by atoms with van der Waals surface area (Å²) in [5.41, 5.74) is -0.0621. The Hall–Kier alpha value is -1.01. The lowest BCUT2D eigenvalue weighted by molar-refractivity contribution is -0.145. The van der Waals surface area contributed by atoms with E-state index in [1.165, 1.54) is 11.8 Å². The van der Waals surface area contributed by atoms with E-state index in [4.69, 9.17) is 4.42 Å². The standard InChI is InChI=1S/C13H20N2O3S/c1-8(2)15-13(11(16)17,10-4-5-10)7-19-12-14-9(3)6-18-12/h6,8,10,15H,4-5,7H2,1-3H3,(H,16,17). The fourth-order valence-corrected chi connectivity index (χ4v) is 3.36. The lowest BCUT2D eigenvalue weighted by Crippen LogP contribution is -2.58. The van der Waals surface area contributed by atoms with E-state index >= 15 is 0 Å². The molecule has 0 aliphatic heterocycles. The third-order valence-electron chi connectivity index (χ3n) is 3.22. The number of carboxylic acid groups (broad SMARTS) is 1. The minimum absolute atomic E-state index is 0.128. The molecule has 1 fully saturated rings. The fourth-order valence-electron chi connectivity index (χ4n) is 2.24. The van der Waals surface area contributed by atoms with Crippen LogP contribution >= 0.6 is 11.8 Å². The zero-order chi connectivity index (χ0) is 14.0. The highest BCUT2D eigenvalue weighted by atomic mass is 32.2. The molecule has 106 valence electrons. The van der Waals surface area contributed by atoms with E-state index in [1.807, 2.05) is 20.8 Å².